The molecule has 0 aliphatic carbocycles. The Kier molecular flexibility index (Phi) is 6.68. The van der Waals surface area contributed by atoms with E-state index in [1.165, 1.54) is 28.9 Å². The first kappa shape index (κ1) is 14.6. The second-order valence-electron chi connectivity index (χ2n) is 4.56. The second-order valence-corrected chi connectivity index (χ2v) is 5.73. The van der Waals surface area contributed by atoms with Gasteiger partial charge in [0.05, 0.1) is 0 Å². The molecule has 0 bridgehead atoms. The lowest BCUT2D eigenvalue weighted by atomic mass is 10.1. The number of benzene rings is 1. The zero-order valence-electron chi connectivity index (χ0n) is 11.5. The summed E-state index contributed by atoms with van der Waals surface area (Å²) < 4.78 is 0. The van der Waals surface area contributed by atoms with Crippen LogP contribution in [-0.2, 0) is 0 Å². The minimum absolute atomic E-state index is 0.690. The SMILES string of the molecule is CCC(CC)NCCSc1ccc(C)c(C)c1. The fourth-order valence-electron chi connectivity index (χ4n) is 1.81. The number of hydrogen-bond donors (Lipinski definition) is 1. The van der Waals surface area contributed by atoms with Crippen molar-refractivity contribution >= 4 is 11.8 Å². The summed E-state index contributed by atoms with van der Waals surface area (Å²) in [5.74, 6) is 1.15. The van der Waals surface area contributed by atoms with Gasteiger partial charge in [0, 0.05) is 23.2 Å². The summed E-state index contributed by atoms with van der Waals surface area (Å²) in [6, 6.07) is 7.42. The van der Waals surface area contributed by atoms with Crippen molar-refractivity contribution in [3.05, 3.63) is 29.3 Å². The molecule has 0 aliphatic heterocycles. The summed E-state index contributed by atoms with van der Waals surface area (Å²) in [4.78, 5) is 1.39. The van der Waals surface area contributed by atoms with Gasteiger partial charge in [-0.1, -0.05) is 19.9 Å². The van der Waals surface area contributed by atoms with Crippen molar-refractivity contribution in [1.29, 1.82) is 0 Å². The Bertz CT molecular complexity index is 332. The highest BCUT2D eigenvalue weighted by Gasteiger charge is 2.01. The molecule has 1 rings (SSSR count). The van der Waals surface area contributed by atoms with E-state index in [4.69, 9.17) is 0 Å². The van der Waals surface area contributed by atoms with Crippen LogP contribution >= 0.6 is 11.8 Å². The quantitative estimate of drug-likeness (QED) is 0.576. The zero-order valence-corrected chi connectivity index (χ0v) is 12.4. The summed E-state index contributed by atoms with van der Waals surface area (Å²) in [5, 5.41) is 3.59. The van der Waals surface area contributed by atoms with E-state index in [0.717, 1.165) is 12.3 Å². The Morgan fingerprint density at radius 1 is 1.12 bits per heavy atom. The molecule has 2 heteroatoms. The molecule has 0 saturated carbocycles. The molecule has 0 atom stereocenters. The van der Waals surface area contributed by atoms with E-state index in [1.54, 1.807) is 0 Å². The maximum absolute atomic E-state index is 3.59. The van der Waals surface area contributed by atoms with E-state index in [2.05, 4.69) is 51.2 Å². The monoisotopic (exact) mass is 251 g/mol. The predicted molar refractivity (Wildman–Crippen MR) is 79.0 cm³/mol. The summed E-state index contributed by atoms with van der Waals surface area (Å²) in [7, 11) is 0. The maximum Gasteiger partial charge on any atom is 0.0106 e. The van der Waals surface area contributed by atoms with E-state index >= 15 is 0 Å². The Morgan fingerprint density at radius 3 is 2.41 bits per heavy atom. The molecular weight excluding hydrogens is 226 g/mol. The molecular formula is C15H25NS. The molecule has 1 nitrogen and oxygen atoms in total. The average molecular weight is 251 g/mol. The first-order chi connectivity index (χ1) is 8.17. The smallest absolute Gasteiger partial charge is 0.0106 e. The van der Waals surface area contributed by atoms with Gasteiger partial charge in [-0.05, 0) is 49.9 Å². The summed E-state index contributed by atoms with van der Waals surface area (Å²) in [5.41, 5.74) is 2.77. The molecule has 17 heavy (non-hydrogen) atoms. The van der Waals surface area contributed by atoms with Crippen LogP contribution in [-0.4, -0.2) is 18.3 Å². The summed E-state index contributed by atoms with van der Waals surface area (Å²) >= 11 is 1.94. The van der Waals surface area contributed by atoms with Gasteiger partial charge in [0.25, 0.3) is 0 Å². The third-order valence-corrected chi connectivity index (χ3v) is 4.26. The lowest BCUT2D eigenvalue weighted by Gasteiger charge is -2.14. The molecule has 0 heterocycles. The van der Waals surface area contributed by atoms with Gasteiger partial charge in [0.1, 0.15) is 0 Å². The molecule has 1 aromatic rings. The zero-order chi connectivity index (χ0) is 12.7. The Morgan fingerprint density at radius 2 is 1.82 bits per heavy atom. The molecule has 0 spiro atoms. The van der Waals surface area contributed by atoms with Crippen LogP contribution in [0.15, 0.2) is 23.1 Å². The lowest BCUT2D eigenvalue weighted by molar-refractivity contribution is 0.501. The normalized spacial score (nSPS) is 11.1. The van der Waals surface area contributed by atoms with Gasteiger partial charge in [-0.25, -0.2) is 0 Å². The predicted octanol–water partition coefficient (Wildman–Crippen LogP) is 4.17. The highest BCUT2D eigenvalue weighted by Crippen LogP contribution is 2.20. The van der Waals surface area contributed by atoms with Gasteiger partial charge in [0.2, 0.25) is 0 Å². The van der Waals surface area contributed by atoms with E-state index in [-0.39, 0.29) is 0 Å². The molecule has 0 radical (unpaired) electrons. The molecule has 0 aromatic heterocycles. The number of thioether (sulfide) groups is 1. The van der Waals surface area contributed by atoms with Gasteiger partial charge in [-0.3, -0.25) is 0 Å². The standard InChI is InChI=1S/C15H25NS/c1-5-14(6-2)16-9-10-17-15-8-7-12(3)13(4)11-15/h7-8,11,14,16H,5-6,9-10H2,1-4H3. The molecule has 0 aliphatic rings. The van der Waals surface area contributed by atoms with E-state index in [0.29, 0.717) is 6.04 Å². The van der Waals surface area contributed by atoms with Crippen molar-refractivity contribution in [2.24, 2.45) is 0 Å². The largest absolute Gasteiger partial charge is 0.313 e. The Hall–Kier alpha value is -0.470. The third kappa shape index (κ3) is 5.13. The molecule has 1 N–H and O–H groups in total. The first-order valence-corrected chi connectivity index (χ1v) is 7.59. The van der Waals surface area contributed by atoms with Crippen molar-refractivity contribution in [1.82, 2.24) is 5.32 Å². The van der Waals surface area contributed by atoms with Crippen molar-refractivity contribution in [2.45, 2.75) is 51.5 Å². The minimum Gasteiger partial charge on any atom is -0.313 e. The van der Waals surface area contributed by atoms with Crippen LogP contribution in [0, 0.1) is 13.8 Å². The minimum atomic E-state index is 0.690. The maximum atomic E-state index is 3.59. The van der Waals surface area contributed by atoms with Crippen LogP contribution in [0.4, 0.5) is 0 Å². The number of rotatable bonds is 7. The molecule has 1 aromatic carbocycles. The second kappa shape index (κ2) is 7.78. The first-order valence-electron chi connectivity index (χ1n) is 6.60. The van der Waals surface area contributed by atoms with E-state index < -0.39 is 0 Å². The topological polar surface area (TPSA) is 12.0 Å². The van der Waals surface area contributed by atoms with Crippen molar-refractivity contribution in [3.63, 3.8) is 0 Å². The van der Waals surface area contributed by atoms with E-state index in [1.807, 2.05) is 11.8 Å². The van der Waals surface area contributed by atoms with Gasteiger partial charge in [-0.2, -0.15) is 0 Å². The third-order valence-electron chi connectivity index (χ3n) is 3.27. The van der Waals surface area contributed by atoms with Crippen LogP contribution in [0.1, 0.15) is 37.8 Å². The molecule has 0 unspecified atom stereocenters. The van der Waals surface area contributed by atoms with Gasteiger partial charge < -0.3 is 5.32 Å². The molecule has 0 saturated heterocycles. The summed E-state index contributed by atoms with van der Waals surface area (Å²) in [6.07, 6.45) is 2.45. The highest BCUT2D eigenvalue weighted by atomic mass is 32.2. The average Bonchev–Trinajstić information content (AvgIpc) is 2.34. The van der Waals surface area contributed by atoms with Gasteiger partial charge in [0.15, 0.2) is 0 Å². The fourth-order valence-corrected chi connectivity index (χ4v) is 2.69. The molecule has 0 fully saturated rings. The van der Waals surface area contributed by atoms with Crippen LogP contribution in [0.3, 0.4) is 0 Å². The molecule has 96 valence electrons. The van der Waals surface area contributed by atoms with Crippen LogP contribution in [0.2, 0.25) is 0 Å². The van der Waals surface area contributed by atoms with Crippen LogP contribution < -0.4 is 5.32 Å². The van der Waals surface area contributed by atoms with E-state index in [9.17, 15) is 0 Å². The van der Waals surface area contributed by atoms with Crippen LogP contribution in [0.5, 0.6) is 0 Å². The van der Waals surface area contributed by atoms with Crippen molar-refractivity contribution in [3.8, 4) is 0 Å². The number of nitrogens with one attached hydrogen (secondary N) is 1. The molecule has 0 amide bonds. The number of aryl methyl sites for hydroxylation is 2. The fraction of sp³-hybridized carbons (Fsp3) is 0.600. The Labute approximate surface area is 110 Å². The lowest BCUT2D eigenvalue weighted by Crippen LogP contribution is -2.29. The van der Waals surface area contributed by atoms with Crippen LogP contribution in [0.25, 0.3) is 0 Å². The number of hydrogen-bond acceptors (Lipinski definition) is 2. The van der Waals surface area contributed by atoms with Gasteiger partial charge in [-0.15, -0.1) is 11.8 Å². The van der Waals surface area contributed by atoms with Crippen molar-refractivity contribution < 1.29 is 0 Å². The van der Waals surface area contributed by atoms with Crippen molar-refractivity contribution in [2.75, 3.05) is 12.3 Å². The summed E-state index contributed by atoms with van der Waals surface area (Å²) in [6.45, 7) is 9.94. The highest BCUT2D eigenvalue weighted by molar-refractivity contribution is 7.99. The Balaban J connectivity index is 2.28. The van der Waals surface area contributed by atoms with Gasteiger partial charge >= 0.3 is 0 Å².